The first-order valence-corrected chi connectivity index (χ1v) is 6.48. The maximum absolute atomic E-state index is 11.3. The average molecular weight is 324 g/mol. The number of furan rings is 1. The third-order valence-electron chi connectivity index (χ3n) is 3.35. The van der Waals surface area contributed by atoms with E-state index in [0.29, 0.717) is 6.54 Å². The Kier molecular flexibility index (Phi) is 8.89. The summed E-state index contributed by atoms with van der Waals surface area (Å²) in [6.07, 6.45) is 2.42. The van der Waals surface area contributed by atoms with Gasteiger partial charge in [-0.3, -0.25) is 9.69 Å². The maximum atomic E-state index is 11.3. The summed E-state index contributed by atoms with van der Waals surface area (Å²) in [4.78, 5) is 13.6. The molecule has 2 heterocycles. The summed E-state index contributed by atoms with van der Waals surface area (Å²) in [6, 6.07) is 4.08. The van der Waals surface area contributed by atoms with Gasteiger partial charge in [-0.2, -0.15) is 0 Å². The second kappa shape index (κ2) is 9.23. The molecule has 0 radical (unpaired) electrons. The smallest absolute Gasteiger partial charge is 0.233 e. The molecule has 1 aromatic rings. The van der Waals surface area contributed by atoms with Gasteiger partial charge in [0.25, 0.3) is 0 Å². The van der Waals surface area contributed by atoms with Crippen molar-refractivity contribution in [3.8, 4) is 0 Å². The molecule has 1 saturated heterocycles. The highest BCUT2D eigenvalue weighted by molar-refractivity contribution is 5.85. The minimum Gasteiger partial charge on any atom is -0.465 e. The Morgan fingerprint density at radius 2 is 2.05 bits per heavy atom. The molecule has 3 N–H and O–H groups in total. The fourth-order valence-electron chi connectivity index (χ4n) is 2.38. The van der Waals surface area contributed by atoms with Crippen molar-refractivity contribution in [2.45, 2.75) is 25.8 Å². The topological polar surface area (TPSA) is 71.5 Å². The van der Waals surface area contributed by atoms with Gasteiger partial charge in [0.15, 0.2) is 0 Å². The second-order valence-corrected chi connectivity index (χ2v) is 4.72. The molecule has 0 spiro atoms. The van der Waals surface area contributed by atoms with E-state index in [4.69, 9.17) is 10.2 Å². The molecule has 1 atom stereocenters. The number of rotatable bonds is 5. The largest absolute Gasteiger partial charge is 0.465 e. The average Bonchev–Trinajstić information content (AvgIpc) is 3.01. The molecule has 1 amide bonds. The predicted molar refractivity (Wildman–Crippen MR) is 83.6 cm³/mol. The molecule has 7 heteroatoms. The molecule has 1 aliphatic rings. The molecule has 1 unspecified atom stereocenters. The number of nitrogens with two attached hydrogens (primary N) is 1. The third kappa shape index (κ3) is 4.98. The lowest BCUT2D eigenvalue weighted by molar-refractivity contribution is -0.120. The molecule has 5 nitrogen and oxygen atoms in total. The van der Waals surface area contributed by atoms with Crippen LogP contribution < -0.4 is 11.1 Å². The van der Waals surface area contributed by atoms with E-state index >= 15 is 0 Å². The Labute approximate surface area is 132 Å². The van der Waals surface area contributed by atoms with Gasteiger partial charge in [-0.05, 0) is 45.0 Å². The zero-order valence-electron chi connectivity index (χ0n) is 11.6. The van der Waals surface area contributed by atoms with Crippen molar-refractivity contribution in [2.75, 3.05) is 26.2 Å². The molecule has 1 fully saturated rings. The number of carbonyl (C=O) groups excluding carboxylic acids is 1. The molecular weight excluding hydrogens is 301 g/mol. The van der Waals surface area contributed by atoms with Crippen LogP contribution in [-0.2, 0) is 4.79 Å². The number of nitrogens with one attached hydrogen (secondary N) is 1. The molecular formula is C13H23Cl2N3O2. The fraction of sp³-hybridized carbons (Fsp3) is 0.615. The van der Waals surface area contributed by atoms with Crippen LogP contribution in [0.15, 0.2) is 16.5 Å². The number of amides is 1. The van der Waals surface area contributed by atoms with Crippen molar-refractivity contribution >= 4 is 30.7 Å². The van der Waals surface area contributed by atoms with E-state index in [1.54, 1.807) is 0 Å². The number of halogens is 2. The highest BCUT2D eigenvalue weighted by atomic mass is 35.5. The molecule has 0 bridgehead atoms. The van der Waals surface area contributed by atoms with E-state index in [9.17, 15) is 4.79 Å². The van der Waals surface area contributed by atoms with Crippen LogP contribution in [0.2, 0.25) is 0 Å². The Bertz CT molecular complexity index is 406. The van der Waals surface area contributed by atoms with Gasteiger partial charge >= 0.3 is 0 Å². The van der Waals surface area contributed by atoms with Crippen LogP contribution in [0, 0.1) is 6.92 Å². The molecule has 2 rings (SSSR count). The summed E-state index contributed by atoms with van der Waals surface area (Å²) < 4.78 is 5.70. The second-order valence-electron chi connectivity index (χ2n) is 4.72. The molecule has 0 aromatic carbocycles. The standard InChI is InChI=1S/C13H21N3O2.2ClH/c1-10-4-5-12(18-10)11(9-15-13(17)8-14)16-6-2-3-7-16;;/h4-5,11H,2-3,6-9,14H2,1H3,(H,15,17);2*1H. The molecule has 20 heavy (non-hydrogen) atoms. The van der Waals surface area contributed by atoms with Gasteiger partial charge in [0.1, 0.15) is 11.5 Å². The summed E-state index contributed by atoms with van der Waals surface area (Å²) in [6.45, 7) is 4.64. The number of nitrogens with zero attached hydrogens (tertiary/aromatic N) is 1. The first-order chi connectivity index (χ1) is 8.70. The quantitative estimate of drug-likeness (QED) is 0.864. The monoisotopic (exact) mass is 323 g/mol. The van der Waals surface area contributed by atoms with Gasteiger partial charge in [0.2, 0.25) is 5.91 Å². The van der Waals surface area contributed by atoms with Crippen LogP contribution in [0.3, 0.4) is 0 Å². The molecule has 1 aromatic heterocycles. The lowest BCUT2D eigenvalue weighted by atomic mass is 10.2. The van der Waals surface area contributed by atoms with E-state index in [-0.39, 0.29) is 43.3 Å². The summed E-state index contributed by atoms with van der Waals surface area (Å²) in [5, 5.41) is 2.85. The van der Waals surface area contributed by atoms with Crippen molar-refractivity contribution in [1.29, 1.82) is 0 Å². The highest BCUT2D eigenvalue weighted by Crippen LogP contribution is 2.25. The van der Waals surface area contributed by atoms with Crippen molar-refractivity contribution in [1.82, 2.24) is 10.2 Å². The van der Waals surface area contributed by atoms with Crippen LogP contribution in [0.1, 0.15) is 30.4 Å². The van der Waals surface area contributed by atoms with Crippen LogP contribution in [-0.4, -0.2) is 37.0 Å². The minimum atomic E-state index is -0.123. The van der Waals surface area contributed by atoms with Crippen molar-refractivity contribution < 1.29 is 9.21 Å². The zero-order valence-corrected chi connectivity index (χ0v) is 13.3. The molecule has 116 valence electrons. The Morgan fingerprint density at radius 1 is 1.40 bits per heavy atom. The Balaban J connectivity index is 0.00000180. The van der Waals surface area contributed by atoms with Gasteiger partial charge in [0, 0.05) is 6.54 Å². The predicted octanol–water partition coefficient (Wildman–Crippen LogP) is 1.64. The summed E-state index contributed by atoms with van der Waals surface area (Å²) in [5.41, 5.74) is 5.31. The minimum absolute atomic E-state index is 0. The third-order valence-corrected chi connectivity index (χ3v) is 3.35. The van der Waals surface area contributed by atoms with Crippen LogP contribution in [0.5, 0.6) is 0 Å². The van der Waals surface area contributed by atoms with Crippen molar-refractivity contribution in [3.63, 3.8) is 0 Å². The van der Waals surface area contributed by atoms with Crippen LogP contribution >= 0.6 is 24.8 Å². The summed E-state index contributed by atoms with van der Waals surface area (Å²) in [7, 11) is 0. The number of hydrogen-bond donors (Lipinski definition) is 2. The number of aryl methyl sites for hydroxylation is 1. The Morgan fingerprint density at radius 3 is 2.55 bits per heavy atom. The van der Waals surface area contributed by atoms with Crippen molar-refractivity contribution in [2.24, 2.45) is 5.73 Å². The van der Waals surface area contributed by atoms with Gasteiger partial charge in [-0.15, -0.1) is 24.8 Å². The summed E-state index contributed by atoms with van der Waals surface area (Å²) in [5.74, 6) is 1.70. The number of hydrogen-bond acceptors (Lipinski definition) is 4. The van der Waals surface area contributed by atoms with E-state index in [1.165, 1.54) is 12.8 Å². The van der Waals surface area contributed by atoms with E-state index in [1.807, 2.05) is 19.1 Å². The normalized spacial score (nSPS) is 16.1. The maximum Gasteiger partial charge on any atom is 0.233 e. The number of carbonyl (C=O) groups is 1. The van der Waals surface area contributed by atoms with Gasteiger partial charge in [-0.25, -0.2) is 0 Å². The lowest BCUT2D eigenvalue weighted by Crippen LogP contribution is -2.39. The SMILES string of the molecule is Cc1ccc(C(CNC(=O)CN)N2CCCC2)o1.Cl.Cl. The number of likely N-dealkylation sites (tertiary alicyclic amines) is 1. The zero-order chi connectivity index (χ0) is 13.0. The molecule has 0 saturated carbocycles. The van der Waals surface area contributed by atoms with Gasteiger partial charge in [0.05, 0.1) is 12.6 Å². The molecule has 0 aliphatic carbocycles. The summed E-state index contributed by atoms with van der Waals surface area (Å²) >= 11 is 0. The molecule has 1 aliphatic heterocycles. The van der Waals surface area contributed by atoms with Crippen LogP contribution in [0.4, 0.5) is 0 Å². The van der Waals surface area contributed by atoms with Gasteiger partial charge in [-0.1, -0.05) is 0 Å². The van der Waals surface area contributed by atoms with Crippen LogP contribution in [0.25, 0.3) is 0 Å². The highest BCUT2D eigenvalue weighted by Gasteiger charge is 2.26. The first kappa shape index (κ1) is 19.2. The first-order valence-electron chi connectivity index (χ1n) is 6.48. The Hall–Kier alpha value is -0.750. The lowest BCUT2D eigenvalue weighted by Gasteiger charge is -2.25. The van der Waals surface area contributed by atoms with Gasteiger partial charge < -0.3 is 15.5 Å². The fourth-order valence-corrected chi connectivity index (χ4v) is 2.38. The van der Waals surface area contributed by atoms with E-state index in [0.717, 1.165) is 24.6 Å². The van der Waals surface area contributed by atoms with E-state index in [2.05, 4.69) is 10.2 Å². The van der Waals surface area contributed by atoms with Crippen molar-refractivity contribution in [3.05, 3.63) is 23.7 Å². The van der Waals surface area contributed by atoms with E-state index < -0.39 is 0 Å².